The van der Waals surface area contributed by atoms with Gasteiger partial charge in [-0.05, 0) is 55.2 Å². The number of fused-ring (bicyclic) bond motifs is 1. The summed E-state index contributed by atoms with van der Waals surface area (Å²) in [5, 5.41) is 7.81. The molecule has 2 atom stereocenters. The van der Waals surface area contributed by atoms with Crippen LogP contribution < -0.4 is 20.1 Å². The molecule has 5 rings (SSSR count). The highest BCUT2D eigenvalue weighted by Gasteiger charge is 2.23. The highest BCUT2D eigenvalue weighted by Crippen LogP contribution is 2.37. The maximum Gasteiger partial charge on any atom is 0.323 e. The highest BCUT2D eigenvalue weighted by atomic mass is 16.5. The Morgan fingerprint density at radius 1 is 0.957 bits per heavy atom. The third-order valence-corrected chi connectivity index (χ3v) is 8.46. The van der Waals surface area contributed by atoms with Crippen molar-refractivity contribution in [3.8, 4) is 11.5 Å². The molecule has 2 saturated heterocycles. The van der Waals surface area contributed by atoms with E-state index in [9.17, 15) is 9.59 Å². The SMILES string of the molecule is COc1c(C=CC(=O)N2CCOCC2)cc(C(C)(C)C)cc1NC(=O)Nc1ccc(OCCN2C[C@@H](C)O[C@H](C)C2)c2ccccc12. The van der Waals surface area contributed by atoms with Crippen LogP contribution in [0.25, 0.3) is 16.8 Å². The van der Waals surface area contributed by atoms with Crippen LogP contribution in [-0.4, -0.2) is 93.6 Å². The normalized spacial score (nSPS) is 19.1. The quantitative estimate of drug-likeness (QED) is 0.270. The summed E-state index contributed by atoms with van der Waals surface area (Å²) in [6.45, 7) is 15.8. The van der Waals surface area contributed by atoms with E-state index in [1.165, 1.54) is 0 Å². The average Bonchev–Trinajstić information content (AvgIpc) is 3.04. The van der Waals surface area contributed by atoms with Gasteiger partial charge in [-0.3, -0.25) is 9.69 Å². The molecule has 0 unspecified atom stereocenters. The summed E-state index contributed by atoms with van der Waals surface area (Å²) in [5.74, 6) is 1.15. The number of hydrogen-bond donors (Lipinski definition) is 2. The number of ether oxygens (including phenoxy) is 4. The number of methoxy groups -OCH3 is 1. The second-order valence-electron chi connectivity index (χ2n) is 13.3. The molecule has 3 aromatic rings. The molecule has 10 heteroatoms. The summed E-state index contributed by atoms with van der Waals surface area (Å²) in [4.78, 5) is 30.5. The predicted octanol–water partition coefficient (Wildman–Crippen LogP) is 6.15. The zero-order valence-electron chi connectivity index (χ0n) is 28.4. The van der Waals surface area contributed by atoms with Gasteiger partial charge in [0, 0.05) is 55.1 Å². The second kappa shape index (κ2) is 15.2. The van der Waals surface area contributed by atoms with Gasteiger partial charge in [0.2, 0.25) is 5.91 Å². The monoisotopic (exact) mass is 644 g/mol. The molecule has 2 aliphatic heterocycles. The minimum Gasteiger partial charge on any atom is -0.494 e. The van der Waals surface area contributed by atoms with Crippen molar-refractivity contribution in [2.45, 2.75) is 52.2 Å². The molecule has 3 aromatic carbocycles. The van der Waals surface area contributed by atoms with E-state index in [-0.39, 0.29) is 23.5 Å². The first-order chi connectivity index (χ1) is 22.5. The van der Waals surface area contributed by atoms with Crippen molar-refractivity contribution >= 4 is 40.2 Å². The molecular weight excluding hydrogens is 596 g/mol. The minimum atomic E-state index is -0.414. The van der Waals surface area contributed by atoms with E-state index < -0.39 is 6.03 Å². The van der Waals surface area contributed by atoms with Gasteiger partial charge in [0.05, 0.1) is 43.9 Å². The zero-order chi connectivity index (χ0) is 33.6. The maximum absolute atomic E-state index is 13.5. The lowest BCUT2D eigenvalue weighted by molar-refractivity contribution is -0.129. The number of carbonyl (C=O) groups excluding carboxylic acids is 2. The molecular formula is C37H48N4O6. The summed E-state index contributed by atoms with van der Waals surface area (Å²) in [6, 6.07) is 15.1. The number of urea groups is 1. The van der Waals surface area contributed by atoms with E-state index in [2.05, 4.69) is 50.2 Å². The fourth-order valence-electron chi connectivity index (χ4n) is 6.11. The van der Waals surface area contributed by atoms with Crippen LogP contribution in [0.4, 0.5) is 16.2 Å². The lowest BCUT2D eigenvalue weighted by Gasteiger charge is -2.35. The Bertz CT molecular complexity index is 1580. The number of amides is 3. The van der Waals surface area contributed by atoms with E-state index in [0.717, 1.165) is 41.7 Å². The summed E-state index contributed by atoms with van der Waals surface area (Å²) >= 11 is 0. The van der Waals surface area contributed by atoms with Gasteiger partial charge < -0.3 is 34.5 Å². The third kappa shape index (κ3) is 8.82. The van der Waals surface area contributed by atoms with Crippen molar-refractivity contribution in [3.05, 3.63) is 65.7 Å². The predicted molar refractivity (Wildman–Crippen MR) is 187 cm³/mol. The van der Waals surface area contributed by atoms with Gasteiger partial charge in [-0.2, -0.15) is 0 Å². The topological polar surface area (TPSA) is 102 Å². The molecule has 2 heterocycles. The molecule has 0 spiro atoms. The van der Waals surface area contributed by atoms with Crippen LogP contribution in [0.1, 0.15) is 45.7 Å². The summed E-state index contributed by atoms with van der Waals surface area (Å²) in [5.41, 5.74) is 2.63. The lowest BCUT2D eigenvalue weighted by atomic mass is 9.85. The van der Waals surface area contributed by atoms with E-state index in [1.807, 2.05) is 48.5 Å². The minimum absolute atomic E-state index is 0.0895. The molecule has 3 amide bonds. The molecule has 2 fully saturated rings. The second-order valence-corrected chi connectivity index (χ2v) is 13.3. The van der Waals surface area contributed by atoms with Gasteiger partial charge in [0.15, 0.2) is 0 Å². The van der Waals surface area contributed by atoms with Crippen LogP contribution in [-0.2, 0) is 19.7 Å². The molecule has 47 heavy (non-hydrogen) atoms. The van der Waals surface area contributed by atoms with Crippen LogP contribution in [0, 0.1) is 0 Å². The molecule has 10 nitrogen and oxygen atoms in total. The Balaban J connectivity index is 1.32. The number of nitrogens with one attached hydrogen (secondary N) is 2. The first-order valence-corrected chi connectivity index (χ1v) is 16.4. The molecule has 0 radical (unpaired) electrons. The van der Waals surface area contributed by atoms with Crippen molar-refractivity contribution in [2.75, 3.05) is 70.3 Å². The molecule has 252 valence electrons. The van der Waals surface area contributed by atoms with Crippen molar-refractivity contribution < 1.29 is 28.5 Å². The largest absolute Gasteiger partial charge is 0.494 e. The Labute approximate surface area is 278 Å². The van der Waals surface area contributed by atoms with Crippen LogP contribution >= 0.6 is 0 Å². The zero-order valence-corrected chi connectivity index (χ0v) is 28.4. The van der Waals surface area contributed by atoms with Gasteiger partial charge in [0.1, 0.15) is 18.1 Å². The van der Waals surface area contributed by atoms with Crippen molar-refractivity contribution in [1.29, 1.82) is 0 Å². The standard InChI is InChI=1S/C37H48N4O6/c1-25-23-40(24-26(2)47-25)15-20-46-33-13-12-31(29-9-7-8-10-30(29)33)38-36(43)39-32-22-28(37(3,4)5)21-27(35(32)44-6)11-14-34(42)41-16-18-45-19-17-41/h7-14,21-22,25-26H,15-20,23-24H2,1-6H3,(H2,38,39,43)/t25-,26-/m1/s1. The van der Waals surface area contributed by atoms with E-state index in [4.69, 9.17) is 18.9 Å². The van der Waals surface area contributed by atoms with Gasteiger partial charge in [-0.1, -0.05) is 45.0 Å². The van der Waals surface area contributed by atoms with E-state index >= 15 is 0 Å². The Morgan fingerprint density at radius 2 is 1.64 bits per heavy atom. The van der Waals surface area contributed by atoms with E-state index in [1.54, 1.807) is 24.2 Å². The summed E-state index contributed by atoms with van der Waals surface area (Å²) in [7, 11) is 1.56. The van der Waals surface area contributed by atoms with Crippen molar-refractivity contribution in [1.82, 2.24) is 9.80 Å². The van der Waals surface area contributed by atoms with Crippen LogP contribution in [0.2, 0.25) is 0 Å². The summed E-state index contributed by atoms with van der Waals surface area (Å²) < 4.78 is 23.3. The van der Waals surface area contributed by atoms with Gasteiger partial charge in [-0.25, -0.2) is 4.79 Å². The van der Waals surface area contributed by atoms with E-state index in [0.29, 0.717) is 55.6 Å². The fourth-order valence-corrected chi connectivity index (χ4v) is 6.11. The number of hydrogen-bond acceptors (Lipinski definition) is 7. The van der Waals surface area contributed by atoms with Gasteiger partial charge in [-0.15, -0.1) is 0 Å². The fraction of sp³-hybridized carbons (Fsp3) is 0.459. The Kier molecular flexibility index (Phi) is 11.1. The number of carbonyl (C=O) groups is 2. The third-order valence-electron chi connectivity index (χ3n) is 8.46. The van der Waals surface area contributed by atoms with Crippen molar-refractivity contribution in [3.63, 3.8) is 0 Å². The molecule has 0 bridgehead atoms. The molecule has 0 saturated carbocycles. The van der Waals surface area contributed by atoms with Gasteiger partial charge >= 0.3 is 6.03 Å². The maximum atomic E-state index is 13.5. The Hall–Kier alpha value is -4.12. The smallest absolute Gasteiger partial charge is 0.323 e. The van der Waals surface area contributed by atoms with Crippen LogP contribution in [0.5, 0.6) is 11.5 Å². The Morgan fingerprint density at radius 3 is 2.32 bits per heavy atom. The number of anilines is 2. The van der Waals surface area contributed by atoms with Gasteiger partial charge in [0.25, 0.3) is 0 Å². The molecule has 2 N–H and O–H groups in total. The lowest BCUT2D eigenvalue weighted by Crippen LogP contribution is -2.46. The molecule has 2 aliphatic rings. The average molecular weight is 645 g/mol. The summed E-state index contributed by atoms with van der Waals surface area (Å²) in [6.07, 6.45) is 3.72. The first kappa shape index (κ1) is 34.2. The number of benzene rings is 3. The van der Waals surface area contributed by atoms with Crippen molar-refractivity contribution in [2.24, 2.45) is 0 Å². The number of nitrogens with zero attached hydrogens (tertiary/aromatic N) is 2. The molecule has 0 aromatic heterocycles. The molecule has 0 aliphatic carbocycles. The number of morpholine rings is 2. The first-order valence-electron chi connectivity index (χ1n) is 16.4. The van der Waals surface area contributed by atoms with Crippen LogP contribution in [0.3, 0.4) is 0 Å². The van der Waals surface area contributed by atoms with Crippen LogP contribution in [0.15, 0.2) is 54.6 Å². The highest BCUT2D eigenvalue weighted by molar-refractivity contribution is 6.08. The number of rotatable bonds is 9.